The summed E-state index contributed by atoms with van der Waals surface area (Å²) in [7, 11) is 0. The lowest BCUT2D eigenvalue weighted by atomic mass is 10.1. The lowest BCUT2D eigenvalue weighted by molar-refractivity contribution is -0.129. The summed E-state index contributed by atoms with van der Waals surface area (Å²) < 4.78 is 0. The Morgan fingerprint density at radius 1 is 1.33 bits per heavy atom. The zero-order valence-electron chi connectivity index (χ0n) is 12.9. The normalized spacial score (nSPS) is 18.0. The third-order valence-corrected chi connectivity index (χ3v) is 4.28. The first kappa shape index (κ1) is 15.5. The highest BCUT2D eigenvalue weighted by molar-refractivity contribution is 5.79. The van der Waals surface area contributed by atoms with Gasteiger partial charge in [-0.15, -0.1) is 0 Å². The minimum atomic E-state index is 0.189. The van der Waals surface area contributed by atoms with E-state index in [2.05, 4.69) is 24.8 Å². The van der Waals surface area contributed by atoms with Gasteiger partial charge in [-0.05, 0) is 37.2 Å². The summed E-state index contributed by atoms with van der Waals surface area (Å²) in [6.07, 6.45) is 1.50. The van der Waals surface area contributed by atoms with Gasteiger partial charge in [0.2, 0.25) is 5.91 Å². The maximum atomic E-state index is 12.4. The summed E-state index contributed by atoms with van der Waals surface area (Å²) in [5.74, 6) is 0.189. The van der Waals surface area contributed by atoms with Crippen molar-refractivity contribution in [3.63, 3.8) is 0 Å². The van der Waals surface area contributed by atoms with Gasteiger partial charge in [0.15, 0.2) is 0 Å². The van der Waals surface area contributed by atoms with Crippen molar-refractivity contribution in [3.05, 3.63) is 35.4 Å². The molecule has 1 heterocycles. The fourth-order valence-electron chi connectivity index (χ4n) is 2.99. The summed E-state index contributed by atoms with van der Waals surface area (Å²) in [4.78, 5) is 16.8. The molecule has 4 nitrogen and oxygen atoms in total. The summed E-state index contributed by atoms with van der Waals surface area (Å²) in [6, 6.07) is 9.87. The van der Waals surface area contributed by atoms with Crippen LogP contribution in [-0.4, -0.2) is 47.9 Å². The van der Waals surface area contributed by atoms with Crippen LogP contribution < -0.4 is 0 Å². The number of amides is 1. The van der Waals surface area contributed by atoms with Crippen LogP contribution >= 0.6 is 0 Å². The van der Waals surface area contributed by atoms with E-state index in [1.165, 1.54) is 0 Å². The van der Waals surface area contributed by atoms with E-state index in [0.29, 0.717) is 18.0 Å². The predicted molar refractivity (Wildman–Crippen MR) is 82.8 cm³/mol. The van der Waals surface area contributed by atoms with Crippen molar-refractivity contribution in [2.45, 2.75) is 32.7 Å². The minimum Gasteiger partial charge on any atom is -0.341 e. The zero-order chi connectivity index (χ0) is 15.2. The van der Waals surface area contributed by atoms with Crippen molar-refractivity contribution in [1.29, 1.82) is 5.26 Å². The van der Waals surface area contributed by atoms with Gasteiger partial charge in [0.1, 0.15) is 0 Å². The van der Waals surface area contributed by atoms with Crippen LogP contribution in [0.4, 0.5) is 0 Å². The largest absolute Gasteiger partial charge is 0.341 e. The Morgan fingerprint density at radius 2 is 2.00 bits per heavy atom. The molecule has 1 atom stereocenters. The number of hydrogen-bond acceptors (Lipinski definition) is 3. The molecule has 1 fully saturated rings. The number of rotatable bonds is 5. The third-order valence-electron chi connectivity index (χ3n) is 4.28. The molecule has 0 aromatic heterocycles. The Balaban J connectivity index is 1.91. The quantitative estimate of drug-likeness (QED) is 0.832. The van der Waals surface area contributed by atoms with Crippen LogP contribution in [0, 0.1) is 11.3 Å². The Bertz CT molecular complexity index is 514. The van der Waals surface area contributed by atoms with Gasteiger partial charge in [-0.1, -0.05) is 26.0 Å². The molecule has 1 saturated heterocycles. The Hall–Kier alpha value is -1.86. The molecule has 1 aromatic carbocycles. The first-order chi connectivity index (χ1) is 10.2. The van der Waals surface area contributed by atoms with Crippen molar-refractivity contribution in [1.82, 2.24) is 9.80 Å². The van der Waals surface area contributed by atoms with E-state index in [9.17, 15) is 4.79 Å². The fraction of sp³-hybridized carbons (Fsp3) is 0.529. The molecule has 0 N–H and O–H groups in total. The Morgan fingerprint density at radius 3 is 2.57 bits per heavy atom. The zero-order valence-corrected chi connectivity index (χ0v) is 12.9. The molecular weight excluding hydrogens is 262 g/mol. The molecule has 1 aromatic rings. The molecular formula is C17H23N3O. The maximum absolute atomic E-state index is 12.4. The van der Waals surface area contributed by atoms with E-state index in [0.717, 1.165) is 38.2 Å². The molecule has 4 heteroatoms. The molecule has 1 amide bonds. The average Bonchev–Trinajstić information content (AvgIpc) is 2.99. The van der Waals surface area contributed by atoms with Crippen molar-refractivity contribution in [2.24, 2.45) is 0 Å². The number of nitrogens with zero attached hydrogens (tertiary/aromatic N) is 3. The van der Waals surface area contributed by atoms with Crippen molar-refractivity contribution < 1.29 is 4.79 Å². The van der Waals surface area contributed by atoms with Crippen LogP contribution in [0.3, 0.4) is 0 Å². The van der Waals surface area contributed by atoms with Crippen LogP contribution in [0.1, 0.15) is 31.4 Å². The summed E-state index contributed by atoms with van der Waals surface area (Å²) >= 11 is 0. The van der Waals surface area contributed by atoms with Gasteiger partial charge in [-0.3, -0.25) is 9.69 Å². The van der Waals surface area contributed by atoms with E-state index >= 15 is 0 Å². The highest BCUT2D eigenvalue weighted by Gasteiger charge is 2.28. The van der Waals surface area contributed by atoms with E-state index in [4.69, 9.17) is 5.26 Å². The number of benzene rings is 1. The van der Waals surface area contributed by atoms with Crippen LogP contribution in [0.15, 0.2) is 24.3 Å². The molecule has 0 spiro atoms. The second-order valence-electron chi connectivity index (χ2n) is 5.49. The molecule has 1 unspecified atom stereocenters. The Labute approximate surface area is 127 Å². The van der Waals surface area contributed by atoms with E-state index < -0.39 is 0 Å². The van der Waals surface area contributed by atoms with E-state index in [1.54, 1.807) is 12.1 Å². The second-order valence-corrected chi connectivity index (χ2v) is 5.49. The number of likely N-dealkylation sites (tertiary alicyclic amines) is 1. The van der Waals surface area contributed by atoms with Gasteiger partial charge in [0.25, 0.3) is 0 Å². The van der Waals surface area contributed by atoms with E-state index in [-0.39, 0.29) is 5.91 Å². The molecule has 2 rings (SSSR count). The number of nitriles is 1. The number of carbonyl (C=O) groups is 1. The number of likely N-dealkylation sites (N-methyl/N-ethyl adjacent to an activating group) is 1. The van der Waals surface area contributed by atoms with Crippen molar-refractivity contribution in [2.75, 3.05) is 26.2 Å². The van der Waals surface area contributed by atoms with Gasteiger partial charge >= 0.3 is 0 Å². The van der Waals surface area contributed by atoms with E-state index in [1.807, 2.05) is 17.0 Å². The van der Waals surface area contributed by atoms with Crippen molar-refractivity contribution in [3.8, 4) is 6.07 Å². The topological polar surface area (TPSA) is 47.3 Å². The molecule has 21 heavy (non-hydrogen) atoms. The second kappa shape index (κ2) is 7.24. The molecule has 0 aliphatic carbocycles. The summed E-state index contributed by atoms with van der Waals surface area (Å²) in [5.41, 5.74) is 1.61. The monoisotopic (exact) mass is 285 g/mol. The minimum absolute atomic E-state index is 0.189. The smallest absolute Gasteiger partial charge is 0.227 e. The number of hydrogen-bond donors (Lipinski definition) is 0. The molecule has 1 aliphatic heterocycles. The van der Waals surface area contributed by atoms with Crippen molar-refractivity contribution >= 4 is 5.91 Å². The van der Waals surface area contributed by atoms with Gasteiger partial charge in [0, 0.05) is 19.1 Å². The van der Waals surface area contributed by atoms with Gasteiger partial charge in [0.05, 0.1) is 18.1 Å². The predicted octanol–water partition coefficient (Wildman–Crippen LogP) is 2.04. The average molecular weight is 285 g/mol. The van der Waals surface area contributed by atoms with Gasteiger partial charge in [-0.2, -0.15) is 5.26 Å². The van der Waals surface area contributed by atoms with Gasteiger partial charge in [-0.25, -0.2) is 0 Å². The SMILES string of the molecule is CCN(CC)C1CCN(C(=O)Cc2ccc(C#N)cc2)C1. The molecule has 0 radical (unpaired) electrons. The summed E-state index contributed by atoms with van der Waals surface area (Å²) in [5, 5.41) is 8.78. The fourth-order valence-corrected chi connectivity index (χ4v) is 2.99. The molecule has 0 bridgehead atoms. The van der Waals surface area contributed by atoms with Crippen LogP contribution in [0.2, 0.25) is 0 Å². The highest BCUT2D eigenvalue weighted by Crippen LogP contribution is 2.17. The third kappa shape index (κ3) is 3.83. The molecule has 0 saturated carbocycles. The van der Waals surface area contributed by atoms with Crippen LogP contribution in [0.5, 0.6) is 0 Å². The summed E-state index contributed by atoms with van der Waals surface area (Å²) in [6.45, 7) is 8.13. The molecule has 1 aliphatic rings. The Kier molecular flexibility index (Phi) is 5.35. The maximum Gasteiger partial charge on any atom is 0.227 e. The lowest BCUT2D eigenvalue weighted by Gasteiger charge is -2.26. The van der Waals surface area contributed by atoms with Crippen LogP contribution in [-0.2, 0) is 11.2 Å². The standard InChI is InChI=1S/C17H23N3O/c1-3-19(4-2)16-9-10-20(13-16)17(21)11-14-5-7-15(12-18)8-6-14/h5-8,16H,3-4,9-11,13H2,1-2H3. The van der Waals surface area contributed by atoms with Crippen LogP contribution in [0.25, 0.3) is 0 Å². The highest BCUT2D eigenvalue weighted by atomic mass is 16.2. The molecule has 112 valence electrons. The first-order valence-electron chi connectivity index (χ1n) is 7.68. The first-order valence-corrected chi connectivity index (χ1v) is 7.68. The lowest BCUT2D eigenvalue weighted by Crippen LogP contribution is -2.39. The number of carbonyl (C=O) groups excluding carboxylic acids is 1. The van der Waals surface area contributed by atoms with Gasteiger partial charge < -0.3 is 4.90 Å².